The molecule has 2 nitrogen and oxygen atoms in total. The zero-order valence-electron chi connectivity index (χ0n) is 10.0. The predicted molar refractivity (Wildman–Crippen MR) is 66.0 cm³/mol. The van der Waals surface area contributed by atoms with E-state index in [4.69, 9.17) is 5.73 Å². The smallest absolute Gasteiger partial charge is 0.0223 e. The topological polar surface area (TPSA) is 38.0 Å². The summed E-state index contributed by atoms with van der Waals surface area (Å²) in [5.74, 6) is 0. The number of nitrogens with two attached hydrogens (primary N) is 1. The van der Waals surface area contributed by atoms with E-state index in [2.05, 4.69) is 36.5 Å². The van der Waals surface area contributed by atoms with Crippen LogP contribution in [0.25, 0.3) is 0 Å². The predicted octanol–water partition coefficient (Wildman–Crippen LogP) is 1.86. The maximum atomic E-state index is 5.87. The van der Waals surface area contributed by atoms with Crippen molar-refractivity contribution in [1.82, 2.24) is 5.32 Å². The molecule has 84 valence electrons. The van der Waals surface area contributed by atoms with Gasteiger partial charge in [-0.1, -0.05) is 29.8 Å². The molecule has 0 heterocycles. The average Bonchev–Trinajstić information content (AvgIpc) is 2.14. The molecule has 0 saturated heterocycles. The van der Waals surface area contributed by atoms with E-state index >= 15 is 0 Å². The summed E-state index contributed by atoms with van der Waals surface area (Å²) < 4.78 is 0. The highest BCUT2D eigenvalue weighted by atomic mass is 14.9. The second kappa shape index (κ2) is 5.29. The van der Waals surface area contributed by atoms with Gasteiger partial charge in [-0.05, 0) is 39.3 Å². The van der Waals surface area contributed by atoms with E-state index in [1.807, 2.05) is 13.8 Å². The lowest BCUT2D eigenvalue weighted by Gasteiger charge is -2.18. The summed E-state index contributed by atoms with van der Waals surface area (Å²) in [7, 11) is 0. The Morgan fingerprint density at radius 3 is 2.33 bits per heavy atom. The zero-order valence-corrected chi connectivity index (χ0v) is 10.0. The van der Waals surface area contributed by atoms with Gasteiger partial charge in [0.05, 0.1) is 0 Å². The molecule has 0 spiro atoms. The quantitative estimate of drug-likeness (QED) is 0.722. The van der Waals surface area contributed by atoms with Gasteiger partial charge in [0.15, 0.2) is 0 Å². The van der Waals surface area contributed by atoms with Gasteiger partial charge in [0.1, 0.15) is 0 Å². The van der Waals surface area contributed by atoms with Crippen molar-refractivity contribution in [2.45, 2.75) is 32.7 Å². The molecule has 0 aliphatic rings. The zero-order chi connectivity index (χ0) is 11.3. The van der Waals surface area contributed by atoms with Gasteiger partial charge in [-0.2, -0.15) is 0 Å². The molecule has 15 heavy (non-hydrogen) atoms. The van der Waals surface area contributed by atoms with Crippen LogP contribution in [0, 0.1) is 6.92 Å². The first kappa shape index (κ1) is 12.2. The van der Waals surface area contributed by atoms with Gasteiger partial charge in [-0.3, -0.25) is 0 Å². The minimum atomic E-state index is -0.118. The second-order valence-corrected chi connectivity index (χ2v) is 4.90. The number of aryl methyl sites for hydroxylation is 1. The first-order chi connectivity index (χ1) is 6.97. The van der Waals surface area contributed by atoms with Crippen molar-refractivity contribution in [3.8, 4) is 0 Å². The van der Waals surface area contributed by atoms with Crippen molar-refractivity contribution in [3.05, 3.63) is 35.4 Å². The molecule has 1 rings (SSSR count). The fraction of sp³-hybridized carbons (Fsp3) is 0.538. The molecule has 3 N–H and O–H groups in total. The Kier molecular flexibility index (Phi) is 4.30. The fourth-order valence-corrected chi connectivity index (χ4v) is 1.40. The third-order valence-corrected chi connectivity index (χ3v) is 2.29. The van der Waals surface area contributed by atoms with Gasteiger partial charge < -0.3 is 11.1 Å². The van der Waals surface area contributed by atoms with Crippen molar-refractivity contribution in [1.29, 1.82) is 0 Å². The lowest BCUT2D eigenvalue weighted by Crippen LogP contribution is -2.43. The summed E-state index contributed by atoms with van der Waals surface area (Å²) in [6.07, 6.45) is 1.07. The van der Waals surface area contributed by atoms with E-state index in [9.17, 15) is 0 Å². The van der Waals surface area contributed by atoms with Crippen LogP contribution >= 0.6 is 0 Å². The highest BCUT2D eigenvalue weighted by Gasteiger charge is 2.08. The van der Waals surface area contributed by atoms with Gasteiger partial charge in [-0.25, -0.2) is 0 Å². The van der Waals surface area contributed by atoms with Crippen molar-refractivity contribution in [3.63, 3.8) is 0 Å². The van der Waals surface area contributed by atoms with E-state index in [-0.39, 0.29) is 5.54 Å². The summed E-state index contributed by atoms with van der Waals surface area (Å²) >= 11 is 0. The maximum absolute atomic E-state index is 5.87. The van der Waals surface area contributed by atoms with Gasteiger partial charge >= 0.3 is 0 Å². The number of hydrogen-bond donors (Lipinski definition) is 2. The molecule has 1 aromatic rings. The number of nitrogens with one attached hydrogen (secondary N) is 1. The average molecular weight is 206 g/mol. The monoisotopic (exact) mass is 206 g/mol. The largest absolute Gasteiger partial charge is 0.324 e. The summed E-state index contributed by atoms with van der Waals surface area (Å²) in [5, 5.41) is 3.36. The Morgan fingerprint density at radius 1 is 1.20 bits per heavy atom. The lowest BCUT2D eigenvalue weighted by molar-refractivity contribution is 0.469. The van der Waals surface area contributed by atoms with Gasteiger partial charge in [0.2, 0.25) is 0 Å². The molecule has 0 aromatic heterocycles. The Morgan fingerprint density at radius 2 is 1.80 bits per heavy atom. The summed E-state index contributed by atoms with van der Waals surface area (Å²) in [5.41, 5.74) is 8.45. The van der Waals surface area contributed by atoms with Crippen LogP contribution in [-0.4, -0.2) is 18.6 Å². The molecular weight excluding hydrogens is 184 g/mol. The van der Waals surface area contributed by atoms with Crippen LogP contribution in [0.5, 0.6) is 0 Å². The molecule has 2 heteroatoms. The van der Waals surface area contributed by atoms with E-state index in [0.29, 0.717) is 0 Å². The number of rotatable bonds is 5. The molecular formula is C13H22N2. The van der Waals surface area contributed by atoms with E-state index in [1.54, 1.807) is 0 Å². The number of hydrogen-bond acceptors (Lipinski definition) is 2. The number of benzene rings is 1. The third kappa shape index (κ3) is 5.55. The summed E-state index contributed by atoms with van der Waals surface area (Å²) in [6.45, 7) is 8.03. The summed E-state index contributed by atoms with van der Waals surface area (Å²) in [6, 6.07) is 8.68. The SMILES string of the molecule is Cc1ccc(CCNCC(C)(C)N)cc1. The Hall–Kier alpha value is -0.860. The molecule has 0 radical (unpaired) electrons. The second-order valence-electron chi connectivity index (χ2n) is 4.90. The van der Waals surface area contributed by atoms with Crippen molar-refractivity contribution in [2.24, 2.45) is 5.73 Å². The lowest BCUT2D eigenvalue weighted by atomic mass is 10.1. The van der Waals surface area contributed by atoms with E-state index in [0.717, 1.165) is 19.5 Å². The van der Waals surface area contributed by atoms with Crippen molar-refractivity contribution < 1.29 is 0 Å². The van der Waals surface area contributed by atoms with Crippen LogP contribution in [0.2, 0.25) is 0 Å². The maximum Gasteiger partial charge on any atom is 0.0223 e. The van der Waals surface area contributed by atoms with Gasteiger partial charge in [0, 0.05) is 12.1 Å². The minimum absolute atomic E-state index is 0.118. The van der Waals surface area contributed by atoms with E-state index < -0.39 is 0 Å². The van der Waals surface area contributed by atoms with Crippen LogP contribution in [0.15, 0.2) is 24.3 Å². The Balaban J connectivity index is 2.23. The Labute approximate surface area is 92.9 Å². The van der Waals surface area contributed by atoms with Crippen molar-refractivity contribution in [2.75, 3.05) is 13.1 Å². The van der Waals surface area contributed by atoms with Crippen LogP contribution in [0.1, 0.15) is 25.0 Å². The van der Waals surface area contributed by atoms with Gasteiger partial charge in [-0.15, -0.1) is 0 Å². The normalized spacial score (nSPS) is 11.7. The third-order valence-electron chi connectivity index (χ3n) is 2.29. The summed E-state index contributed by atoms with van der Waals surface area (Å²) in [4.78, 5) is 0. The molecule has 0 aliphatic carbocycles. The molecule has 0 atom stereocenters. The molecule has 0 fully saturated rings. The molecule has 0 bridgehead atoms. The van der Waals surface area contributed by atoms with E-state index in [1.165, 1.54) is 11.1 Å². The molecule has 0 unspecified atom stereocenters. The van der Waals surface area contributed by atoms with Crippen LogP contribution in [0.3, 0.4) is 0 Å². The molecule has 1 aromatic carbocycles. The first-order valence-electron chi connectivity index (χ1n) is 5.52. The Bertz CT molecular complexity index is 282. The molecule has 0 amide bonds. The van der Waals surface area contributed by atoms with Crippen LogP contribution < -0.4 is 11.1 Å². The van der Waals surface area contributed by atoms with Crippen molar-refractivity contribution >= 4 is 0 Å². The molecule has 0 saturated carbocycles. The first-order valence-corrected chi connectivity index (χ1v) is 5.52. The highest BCUT2D eigenvalue weighted by Crippen LogP contribution is 2.03. The van der Waals surface area contributed by atoms with Crippen LogP contribution in [-0.2, 0) is 6.42 Å². The van der Waals surface area contributed by atoms with Crippen LogP contribution in [0.4, 0.5) is 0 Å². The van der Waals surface area contributed by atoms with Gasteiger partial charge in [0.25, 0.3) is 0 Å². The highest BCUT2D eigenvalue weighted by molar-refractivity contribution is 5.21. The standard InChI is InChI=1S/C13H22N2/c1-11-4-6-12(7-5-11)8-9-15-10-13(2,3)14/h4-7,15H,8-10,14H2,1-3H3. The fourth-order valence-electron chi connectivity index (χ4n) is 1.40. The minimum Gasteiger partial charge on any atom is -0.324 e. The molecule has 0 aliphatic heterocycles.